The average Bonchev–Trinajstić information content (AvgIpc) is 3.64. The number of benzene rings is 2. The summed E-state index contributed by atoms with van der Waals surface area (Å²) in [6.07, 6.45) is 13.4. The van der Waals surface area contributed by atoms with Crippen molar-refractivity contribution in [3.05, 3.63) is 82.3 Å². The van der Waals surface area contributed by atoms with E-state index in [4.69, 9.17) is 16.7 Å². The monoisotopic (exact) mass is 836 g/mol. The summed E-state index contributed by atoms with van der Waals surface area (Å²) in [6.45, 7) is 8.04. The number of halogens is 1. The maximum atomic E-state index is 13.6. The number of urea groups is 1. The molecule has 4 aromatic rings. The van der Waals surface area contributed by atoms with Crippen molar-refractivity contribution in [3.8, 4) is 0 Å². The Bertz CT molecular complexity index is 2280. The first kappa shape index (κ1) is 41.9. The van der Waals surface area contributed by atoms with E-state index in [-0.39, 0.29) is 36.1 Å². The molecule has 0 unspecified atom stereocenters. The molecule has 5 amide bonds. The summed E-state index contributed by atoms with van der Waals surface area (Å²) in [5.41, 5.74) is 3.09. The van der Waals surface area contributed by atoms with E-state index in [1.54, 1.807) is 38.1 Å². The van der Waals surface area contributed by atoms with Gasteiger partial charge in [-0.1, -0.05) is 17.7 Å². The predicted molar refractivity (Wildman–Crippen MR) is 232 cm³/mol. The first-order valence-electron chi connectivity index (χ1n) is 21.6. The second-order valence-electron chi connectivity index (χ2n) is 18.3. The van der Waals surface area contributed by atoms with Gasteiger partial charge in [-0.3, -0.25) is 29.3 Å². The van der Waals surface area contributed by atoms with Crippen LogP contribution in [-0.2, 0) is 10.4 Å². The Morgan fingerprint density at radius 2 is 1.72 bits per heavy atom. The molecule has 318 valence electrons. The average molecular weight is 837 g/mol. The van der Waals surface area contributed by atoms with Gasteiger partial charge in [-0.15, -0.1) is 0 Å². The van der Waals surface area contributed by atoms with Crippen molar-refractivity contribution in [2.24, 2.45) is 11.3 Å². The van der Waals surface area contributed by atoms with Crippen LogP contribution in [0.25, 0.3) is 10.9 Å². The molecule has 4 fully saturated rings. The number of imide groups is 1. The van der Waals surface area contributed by atoms with Crippen molar-refractivity contribution in [1.29, 1.82) is 0 Å². The first-order valence-corrected chi connectivity index (χ1v) is 21.9. The van der Waals surface area contributed by atoms with Gasteiger partial charge in [-0.2, -0.15) is 5.10 Å². The van der Waals surface area contributed by atoms with Crippen LogP contribution in [0.4, 0.5) is 16.2 Å². The van der Waals surface area contributed by atoms with Crippen LogP contribution in [0.3, 0.4) is 0 Å². The first-order chi connectivity index (χ1) is 28.6. The Labute approximate surface area is 356 Å². The molecule has 8 rings (SSSR count). The SMILES string of the molecule is Cc1cccc(C(=O)Nc2cc3cn(C4CCC(CN(C)C5CCC6(CC5)CCN(C(=O)c5ccc(Cl)c(N7CCC(=O)NC7=O)c5)CC6)CC4)nc3cc2C(C)(C)O)n1. The molecule has 2 aliphatic heterocycles. The Balaban J connectivity index is 0.814. The molecule has 3 N–H and O–H groups in total. The number of likely N-dealkylation sites (tertiary alicyclic amines) is 1. The van der Waals surface area contributed by atoms with E-state index in [1.165, 1.54) is 30.6 Å². The lowest BCUT2D eigenvalue weighted by atomic mass is 9.66. The van der Waals surface area contributed by atoms with Crippen molar-refractivity contribution in [2.75, 3.05) is 43.4 Å². The van der Waals surface area contributed by atoms with Crippen LogP contribution in [0.15, 0.2) is 54.7 Å². The van der Waals surface area contributed by atoms with Crippen molar-refractivity contribution in [3.63, 3.8) is 0 Å². The maximum Gasteiger partial charge on any atom is 0.328 e. The van der Waals surface area contributed by atoms with E-state index in [2.05, 4.69) is 38.4 Å². The molecule has 4 aliphatic rings. The normalized spacial score (nSPS) is 21.4. The van der Waals surface area contributed by atoms with E-state index in [1.807, 2.05) is 36.1 Å². The standard InChI is InChI=1S/C46H57ClN8O5/c1-29-6-5-7-37(48-29)42(57)49-39-24-32-28-55(51-38(32)26-35(39)45(2,3)60)34-11-8-30(9-12-34)27-52(4)33-14-17-46(18-15-33)19-22-53(23-20-46)43(58)31-10-13-36(47)40(25-31)54-21-16-41(56)50-44(54)59/h5-7,10,13,24-26,28,30,33-34,60H,8-9,11-12,14-23,27H2,1-4H3,(H,49,57)(H,50,56,59). The van der Waals surface area contributed by atoms with Crippen LogP contribution >= 0.6 is 11.6 Å². The fourth-order valence-electron chi connectivity index (χ4n) is 10.1. The zero-order valence-electron chi connectivity index (χ0n) is 35.2. The van der Waals surface area contributed by atoms with Gasteiger partial charge < -0.3 is 20.2 Å². The number of carbonyl (C=O) groups excluding carboxylic acids is 4. The molecule has 0 atom stereocenters. The summed E-state index contributed by atoms with van der Waals surface area (Å²) in [6, 6.07) is 14.6. The molecule has 4 heterocycles. The fraction of sp³-hybridized carbons (Fsp3) is 0.522. The van der Waals surface area contributed by atoms with E-state index in [0.717, 1.165) is 74.8 Å². The number of aromatic nitrogens is 3. The number of aryl methyl sites for hydroxylation is 1. The van der Waals surface area contributed by atoms with Gasteiger partial charge in [0.1, 0.15) is 5.69 Å². The third kappa shape index (κ3) is 8.94. The molecule has 2 aliphatic carbocycles. The fourth-order valence-corrected chi connectivity index (χ4v) is 10.3. The molecule has 14 heteroatoms. The van der Waals surface area contributed by atoms with E-state index in [0.29, 0.717) is 51.2 Å². The molecule has 60 heavy (non-hydrogen) atoms. The van der Waals surface area contributed by atoms with Gasteiger partial charge in [0.25, 0.3) is 11.8 Å². The Morgan fingerprint density at radius 1 is 0.983 bits per heavy atom. The van der Waals surface area contributed by atoms with Crippen molar-refractivity contribution < 1.29 is 24.3 Å². The number of fused-ring (bicyclic) bond motifs is 1. The van der Waals surface area contributed by atoms with Crippen LogP contribution in [-0.4, -0.2) is 92.7 Å². The zero-order valence-corrected chi connectivity index (χ0v) is 35.9. The number of nitrogens with zero attached hydrogens (tertiary/aromatic N) is 6. The lowest BCUT2D eigenvalue weighted by molar-refractivity contribution is -0.120. The number of aliphatic hydroxyl groups is 1. The molecule has 0 bridgehead atoms. The molecule has 13 nitrogen and oxygen atoms in total. The number of nitrogens with one attached hydrogen (secondary N) is 2. The highest BCUT2D eigenvalue weighted by Gasteiger charge is 2.40. The van der Waals surface area contributed by atoms with Crippen LogP contribution < -0.4 is 15.5 Å². The summed E-state index contributed by atoms with van der Waals surface area (Å²) in [5.74, 6) is -0.0441. The van der Waals surface area contributed by atoms with Gasteiger partial charge >= 0.3 is 6.03 Å². The van der Waals surface area contributed by atoms with E-state index >= 15 is 0 Å². The Hall–Kier alpha value is -4.85. The molecule has 2 saturated heterocycles. The topological polar surface area (TPSA) is 153 Å². The highest BCUT2D eigenvalue weighted by molar-refractivity contribution is 6.34. The molecule has 1 spiro atoms. The minimum atomic E-state index is -1.19. The highest BCUT2D eigenvalue weighted by Crippen LogP contribution is 2.46. The third-order valence-electron chi connectivity index (χ3n) is 13.7. The number of amides is 5. The molecular weight excluding hydrogens is 780 g/mol. The van der Waals surface area contributed by atoms with Crippen molar-refractivity contribution in [1.82, 2.24) is 29.9 Å². The summed E-state index contributed by atoms with van der Waals surface area (Å²) in [4.78, 5) is 61.3. The lowest BCUT2D eigenvalue weighted by Gasteiger charge is -2.47. The number of carbonyl (C=O) groups is 4. The van der Waals surface area contributed by atoms with E-state index in [9.17, 15) is 24.3 Å². The summed E-state index contributed by atoms with van der Waals surface area (Å²) < 4.78 is 2.10. The number of rotatable bonds is 9. The van der Waals surface area contributed by atoms with Gasteiger partial charge in [0.2, 0.25) is 5.91 Å². The number of hydrogen-bond acceptors (Lipinski definition) is 8. The molecule has 0 radical (unpaired) electrons. The lowest BCUT2D eigenvalue weighted by Crippen LogP contribution is -2.49. The second kappa shape index (κ2) is 16.9. The number of piperidine rings is 1. The van der Waals surface area contributed by atoms with Crippen LogP contribution in [0.5, 0.6) is 0 Å². The van der Waals surface area contributed by atoms with Gasteiger partial charge in [0.05, 0.1) is 27.9 Å². The summed E-state index contributed by atoms with van der Waals surface area (Å²) in [5, 5.41) is 22.6. The maximum absolute atomic E-state index is 13.6. The van der Waals surface area contributed by atoms with E-state index < -0.39 is 11.6 Å². The number of hydrogen-bond donors (Lipinski definition) is 3. The van der Waals surface area contributed by atoms with Crippen LogP contribution in [0.1, 0.15) is 123 Å². The Kier molecular flexibility index (Phi) is 11.8. The minimum Gasteiger partial charge on any atom is -0.386 e. The smallest absolute Gasteiger partial charge is 0.328 e. The predicted octanol–water partition coefficient (Wildman–Crippen LogP) is 7.85. The largest absolute Gasteiger partial charge is 0.386 e. The van der Waals surface area contributed by atoms with Gasteiger partial charge in [0, 0.05) is 72.7 Å². The molecule has 2 aromatic heterocycles. The summed E-state index contributed by atoms with van der Waals surface area (Å²) >= 11 is 6.44. The van der Waals surface area contributed by atoms with Gasteiger partial charge in [0.15, 0.2) is 0 Å². The van der Waals surface area contributed by atoms with Crippen LogP contribution in [0, 0.1) is 18.3 Å². The molecule has 2 aromatic carbocycles. The van der Waals surface area contributed by atoms with Crippen molar-refractivity contribution in [2.45, 2.75) is 109 Å². The highest BCUT2D eigenvalue weighted by atomic mass is 35.5. The summed E-state index contributed by atoms with van der Waals surface area (Å²) in [7, 11) is 2.30. The second-order valence-corrected chi connectivity index (χ2v) is 18.7. The number of pyridine rings is 1. The zero-order chi connectivity index (χ0) is 42.3. The minimum absolute atomic E-state index is 0.0493. The number of anilines is 2. The molecule has 2 saturated carbocycles. The quantitative estimate of drug-likeness (QED) is 0.154. The molecular formula is C46H57ClN8O5. The third-order valence-corrected chi connectivity index (χ3v) is 14.0. The van der Waals surface area contributed by atoms with Crippen LogP contribution in [0.2, 0.25) is 5.02 Å². The van der Waals surface area contributed by atoms with Crippen molar-refractivity contribution >= 4 is 57.6 Å². The Morgan fingerprint density at radius 3 is 2.40 bits per heavy atom. The van der Waals surface area contributed by atoms with Gasteiger partial charge in [-0.05, 0) is 146 Å². The van der Waals surface area contributed by atoms with Gasteiger partial charge in [-0.25, -0.2) is 9.78 Å².